The van der Waals surface area contributed by atoms with Crippen LogP contribution in [0.1, 0.15) is 11.7 Å². The first-order valence-electron chi connectivity index (χ1n) is 5.86. The number of anilines is 1. The Labute approximate surface area is 108 Å². The minimum Gasteiger partial charge on any atom is -0.346 e. The van der Waals surface area contributed by atoms with Gasteiger partial charge in [0.15, 0.2) is 10.8 Å². The molecule has 1 aliphatic heterocycles. The van der Waals surface area contributed by atoms with E-state index in [4.69, 9.17) is 0 Å². The number of pyridine rings is 1. The van der Waals surface area contributed by atoms with E-state index in [2.05, 4.69) is 24.5 Å². The number of thiazole rings is 1. The van der Waals surface area contributed by atoms with Crippen molar-refractivity contribution in [3.8, 4) is 0 Å². The van der Waals surface area contributed by atoms with E-state index >= 15 is 0 Å². The van der Waals surface area contributed by atoms with Gasteiger partial charge in [-0.15, -0.1) is 21.5 Å². The Morgan fingerprint density at radius 1 is 1.22 bits per heavy atom. The summed E-state index contributed by atoms with van der Waals surface area (Å²) in [5, 5.41) is 11.6. The molecule has 6 heteroatoms. The van der Waals surface area contributed by atoms with Gasteiger partial charge < -0.3 is 4.90 Å². The molecule has 0 radical (unpaired) electrons. The van der Waals surface area contributed by atoms with Crippen LogP contribution in [0.3, 0.4) is 0 Å². The van der Waals surface area contributed by atoms with E-state index in [1.165, 1.54) is 0 Å². The molecule has 0 bridgehead atoms. The fourth-order valence-corrected chi connectivity index (χ4v) is 2.97. The summed E-state index contributed by atoms with van der Waals surface area (Å²) in [6.45, 7) is 1.95. The van der Waals surface area contributed by atoms with Crippen molar-refractivity contribution in [3.63, 3.8) is 0 Å². The van der Waals surface area contributed by atoms with Crippen molar-refractivity contribution in [2.24, 2.45) is 0 Å². The van der Waals surface area contributed by atoms with Gasteiger partial charge in [0.05, 0.1) is 5.92 Å². The van der Waals surface area contributed by atoms with Crippen LogP contribution >= 0.6 is 11.3 Å². The first-order valence-corrected chi connectivity index (χ1v) is 6.74. The van der Waals surface area contributed by atoms with Gasteiger partial charge in [0.1, 0.15) is 5.82 Å². The van der Waals surface area contributed by atoms with Crippen LogP contribution in [0.15, 0.2) is 36.0 Å². The van der Waals surface area contributed by atoms with E-state index in [0.29, 0.717) is 5.92 Å². The smallest absolute Gasteiger partial charge is 0.185 e. The Balaban J connectivity index is 1.60. The van der Waals surface area contributed by atoms with Crippen LogP contribution in [0.4, 0.5) is 5.13 Å². The van der Waals surface area contributed by atoms with E-state index < -0.39 is 0 Å². The molecule has 1 fully saturated rings. The second-order valence-electron chi connectivity index (χ2n) is 4.40. The van der Waals surface area contributed by atoms with Crippen LogP contribution in [0.25, 0.3) is 5.65 Å². The van der Waals surface area contributed by atoms with Gasteiger partial charge >= 0.3 is 0 Å². The van der Waals surface area contributed by atoms with E-state index in [1.54, 1.807) is 11.3 Å². The first-order chi connectivity index (χ1) is 8.92. The van der Waals surface area contributed by atoms with E-state index in [0.717, 1.165) is 29.7 Å². The minimum atomic E-state index is 0.450. The highest BCUT2D eigenvalue weighted by atomic mass is 32.1. The van der Waals surface area contributed by atoms with Gasteiger partial charge in [0.25, 0.3) is 0 Å². The quantitative estimate of drug-likeness (QED) is 0.702. The number of nitrogens with zero attached hydrogens (tertiary/aromatic N) is 5. The minimum absolute atomic E-state index is 0.450. The molecule has 0 aliphatic carbocycles. The number of aromatic nitrogens is 4. The van der Waals surface area contributed by atoms with Gasteiger partial charge in [-0.1, -0.05) is 6.07 Å². The summed E-state index contributed by atoms with van der Waals surface area (Å²) in [5.41, 5.74) is 0.917. The molecule has 0 amide bonds. The Morgan fingerprint density at radius 2 is 2.17 bits per heavy atom. The molecule has 0 N–H and O–H groups in total. The van der Waals surface area contributed by atoms with Crippen LogP contribution < -0.4 is 4.90 Å². The topological polar surface area (TPSA) is 46.3 Å². The fourth-order valence-electron chi connectivity index (χ4n) is 2.31. The maximum Gasteiger partial charge on any atom is 0.185 e. The first kappa shape index (κ1) is 10.0. The van der Waals surface area contributed by atoms with Crippen molar-refractivity contribution in [2.75, 3.05) is 18.0 Å². The molecule has 0 spiro atoms. The maximum atomic E-state index is 4.32. The monoisotopic (exact) mass is 257 g/mol. The molecule has 4 rings (SSSR count). The van der Waals surface area contributed by atoms with Crippen LogP contribution in [0.2, 0.25) is 0 Å². The standard InChI is InChI=1S/C12H11N5S/c1-2-5-17-10(3-1)14-15-11(17)9-7-16(8-9)12-13-4-6-18-12/h1-6,9H,7-8H2. The maximum absolute atomic E-state index is 4.32. The Morgan fingerprint density at radius 3 is 3.00 bits per heavy atom. The lowest BCUT2D eigenvalue weighted by atomic mass is 10.0. The highest BCUT2D eigenvalue weighted by Crippen LogP contribution is 2.31. The van der Waals surface area contributed by atoms with Crippen molar-refractivity contribution >= 4 is 22.1 Å². The Hall–Kier alpha value is -1.95. The van der Waals surface area contributed by atoms with E-state index in [9.17, 15) is 0 Å². The van der Waals surface area contributed by atoms with Gasteiger partial charge in [-0.3, -0.25) is 4.40 Å². The van der Waals surface area contributed by atoms with Crippen molar-refractivity contribution in [2.45, 2.75) is 5.92 Å². The third-order valence-corrected chi connectivity index (χ3v) is 4.11. The number of fused-ring (bicyclic) bond motifs is 1. The second-order valence-corrected chi connectivity index (χ2v) is 5.28. The summed E-state index contributed by atoms with van der Waals surface area (Å²) in [6.07, 6.45) is 3.87. The zero-order valence-electron chi connectivity index (χ0n) is 9.60. The Kier molecular flexibility index (Phi) is 2.10. The molecule has 90 valence electrons. The van der Waals surface area contributed by atoms with E-state index in [1.807, 2.05) is 36.0 Å². The average molecular weight is 257 g/mol. The molecule has 1 aliphatic rings. The third kappa shape index (κ3) is 1.42. The lowest BCUT2D eigenvalue weighted by molar-refractivity contribution is 0.496. The molecule has 4 heterocycles. The molecule has 0 atom stereocenters. The molecule has 18 heavy (non-hydrogen) atoms. The summed E-state index contributed by atoms with van der Waals surface area (Å²) in [7, 11) is 0. The van der Waals surface area contributed by atoms with E-state index in [-0.39, 0.29) is 0 Å². The Bertz CT molecular complexity index is 669. The summed E-state index contributed by atoms with van der Waals surface area (Å²) in [5.74, 6) is 1.50. The zero-order chi connectivity index (χ0) is 11.9. The molecule has 3 aromatic heterocycles. The second kappa shape index (κ2) is 3.78. The van der Waals surface area contributed by atoms with Gasteiger partial charge in [-0.25, -0.2) is 4.98 Å². The van der Waals surface area contributed by atoms with Gasteiger partial charge in [-0.2, -0.15) is 0 Å². The van der Waals surface area contributed by atoms with Crippen molar-refractivity contribution < 1.29 is 0 Å². The highest BCUT2D eigenvalue weighted by Gasteiger charge is 2.32. The van der Waals surface area contributed by atoms with Crippen molar-refractivity contribution in [1.82, 2.24) is 19.6 Å². The molecule has 0 saturated carbocycles. The van der Waals surface area contributed by atoms with Crippen molar-refractivity contribution in [1.29, 1.82) is 0 Å². The number of rotatable bonds is 2. The predicted molar refractivity (Wildman–Crippen MR) is 70.1 cm³/mol. The molecule has 1 saturated heterocycles. The zero-order valence-corrected chi connectivity index (χ0v) is 10.4. The predicted octanol–water partition coefficient (Wildman–Crippen LogP) is 1.79. The third-order valence-electron chi connectivity index (χ3n) is 3.28. The normalized spacial score (nSPS) is 16.1. The van der Waals surface area contributed by atoms with Gasteiger partial charge in [0.2, 0.25) is 0 Å². The molecular weight excluding hydrogens is 246 g/mol. The molecule has 0 aromatic carbocycles. The van der Waals surface area contributed by atoms with Crippen LogP contribution in [-0.4, -0.2) is 32.7 Å². The SMILES string of the molecule is c1ccn2c(C3CN(c4nccs4)C3)nnc2c1. The van der Waals surface area contributed by atoms with Gasteiger partial charge in [0, 0.05) is 30.9 Å². The highest BCUT2D eigenvalue weighted by molar-refractivity contribution is 7.13. The van der Waals surface area contributed by atoms with Gasteiger partial charge in [-0.05, 0) is 12.1 Å². The van der Waals surface area contributed by atoms with Crippen LogP contribution in [0.5, 0.6) is 0 Å². The summed E-state index contributed by atoms with van der Waals surface area (Å²) in [4.78, 5) is 6.60. The summed E-state index contributed by atoms with van der Waals surface area (Å²) < 4.78 is 2.07. The number of hydrogen-bond acceptors (Lipinski definition) is 5. The average Bonchev–Trinajstić information content (AvgIpc) is 2.97. The number of hydrogen-bond donors (Lipinski definition) is 0. The summed E-state index contributed by atoms with van der Waals surface area (Å²) >= 11 is 1.68. The van der Waals surface area contributed by atoms with Crippen molar-refractivity contribution in [3.05, 3.63) is 41.8 Å². The molecular formula is C12H11N5S. The molecule has 5 nitrogen and oxygen atoms in total. The van der Waals surface area contributed by atoms with Crippen LogP contribution in [-0.2, 0) is 0 Å². The van der Waals surface area contributed by atoms with Crippen LogP contribution in [0, 0.1) is 0 Å². The fraction of sp³-hybridized carbons (Fsp3) is 0.250. The lowest BCUT2D eigenvalue weighted by Crippen LogP contribution is -2.45. The summed E-state index contributed by atoms with van der Waals surface area (Å²) in [6, 6.07) is 5.97. The largest absolute Gasteiger partial charge is 0.346 e. The molecule has 0 unspecified atom stereocenters. The molecule has 3 aromatic rings. The lowest BCUT2D eigenvalue weighted by Gasteiger charge is -2.37.